The first-order valence-electron chi connectivity index (χ1n) is 6.66. The van der Waals surface area contributed by atoms with Gasteiger partial charge in [0.25, 0.3) is 0 Å². The first-order valence-corrected chi connectivity index (χ1v) is 7.03. The van der Waals surface area contributed by atoms with Gasteiger partial charge >= 0.3 is 0 Å². The summed E-state index contributed by atoms with van der Waals surface area (Å²) in [5.74, 6) is -0.766. The number of benzene rings is 2. The van der Waals surface area contributed by atoms with Crippen LogP contribution in [0.2, 0.25) is 5.02 Å². The van der Waals surface area contributed by atoms with Crippen LogP contribution in [0.15, 0.2) is 60.8 Å². The Kier molecular flexibility index (Phi) is 3.98. The highest BCUT2D eigenvalue weighted by atomic mass is 35.5. The standard InChI is InChI=1S/C18H11ClFNO/c19-15-11-14(5-6-16(15)20)18(22)8-4-12-3-7-17-13(10-12)2-1-9-21-17/h1-11H/b8-4+. The van der Waals surface area contributed by atoms with Crippen molar-refractivity contribution < 1.29 is 9.18 Å². The molecule has 1 aromatic heterocycles. The van der Waals surface area contributed by atoms with Crippen LogP contribution in [0.25, 0.3) is 17.0 Å². The van der Waals surface area contributed by atoms with E-state index in [9.17, 15) is 9.18 Å². The molecule has 3 aromatic rings. The van der Waals surface area contributed by atoms with E-state index >= 15 is 0 Å². The van der Waals surface area contributed by atoms with Gasteiger partial charge in [-0.25, -0.2) is 4.39 Å². The summed E-state index contributed by atoms with van der Waals surface area (Å²) in [5.41, 5.74) is 2.14. The first kappa shape index (κ1) is 14.4. The van der Waals surface area contributed by atoms with Crippen molar-refractivity contribution in [2.75, 3.05) is 0 Å². The molecule has 0 unspecified atom stereocenters. The molecule has 1 heterocycles. The van der Waals surface area contributed by atoms with Crippen LogP contribution in [0, 0.1) is 5.82 Å². The van der Waals surface area contributed by atoms with Crippen molar-refractivity contribution in [3.63, 3.8) is 0 Å². The number of hydrogen-bond donors (Lipinski definition) is 0. The van der Waals surface area contributed by atoms with Crippen LogP contribution in [0.3, 0.4) is 0 Å². The molecule has 108 valence electrons. The van der Waals surface area contributed by atoms with E-state index in [0.717, 1.165) is 16.5 Å². The van der Waals surface area contributed by atoms with Crippen molar-refractivity contribution in [2.45, 2.75) is 0 Å². The van der Waals surface area contributed by atoms with Crippen LogP contribution < -0.4 is 0 Å². The van der Waals surface area contributed by atoms with E-state index in [0.29, 0.717) is 5.56 Å². The van der Waals surface area contributed by atoms with E-state index in [1.807, 2.05) is 30.3 Å². The van der Waals surface area contributed by atoms with Crippen LogP contribution in [-0.4, -0.2) is 10.8 Å². The maximum absolute atomic E-state index is 13.1. The number of aromatic nitrogens is 1. The van der Waals surface area contributed by atoms with Gasteiger partial charge in [-0.2, -0.15) is 0 Å². The molecule has 2 aromatic carbocycles. The summed E-state index contributed by atoms with van der Waals surface area (Å²) >= 11 is 5.68. The van der Waals surface area contributed by atoms with Crippen molar-refractivity contribution in [3.8, 4) is 0 Å². The lowest BCUT2D eigenvalue weighted by molar-refractivity contribution is 0.104. The van der Waals surface area contributed by atoms with Gasteiger partial charge in [-0.05, 0) is 48.0 Å². The first-order chi connectivity index (χ1) is 10.6. The minimum atomic E-state index is -0.538. The Labute approximate surface area is 131 Å². The number of carbonyl (C=O) groups is 1. The molecule has 0 atom stereocenters. The third kappa shape index (κ3) is 3.05. The summed E-state index contributed by atoms with van der Waals surface area (Å²) in [6.07, 6.45) is 4.90. The lowest BCUT2D eigenvalue weighted by atomic mass is 10.1. The molecule has 0 spiro atoms. The molecule has 22 heavy (non-hydrogen) atoms. The highest BCUT2D eigenvalue weighted by Crippen LogP contribution is 2.18. The number of rotatable bonds is 3. The molecule has 0 amide bonds. The number of pyridine rings is 1. The van der Waals surface area contributed by atoms with Gasteiger partial charge in [0.05, 0.1) is 10.5 Å². The number of hydrogen-bond acceptors (Lipinski definition) is 2. The summed E-state index contributed by atoms with van der Waals surface area (Å²) in [5, 5.41) is 0.943. The van der Waals surface area contributed by atoms with Gasteiger partial charge in [-0.15, -0.1) is 0 Å². The zero-order valence-electron chi connectivity index (χ0n) is 11.5. The average Bonchev–Trinajstić information content (AvgIpc) is 2.55. The molecule has 0 fully saturated rings. The maximum atomic E-state index is 13.1. The van der Waals surface area contributed by atoms with E-state index in [1.54, 1.807) is 12.3 Å². The largest absolute Gasteiger partial charge is 0.289 e. The van der Waals surface area contributed by atoms with E-state index in [1.165, 1.54) is 24.3 Å². The van der Waals surface area contributed by atoms with Crippen LogP contribution in [0.4, 0.5) is 4.39 Å². The number of ketones is 1. The number of allylic oxidation sites excluding steroid dienone is 1. The molecular formula is C18H11ClFNO. The lowest BCUT2D eigenvalue weighted by Crippen LogP contribution is -1.94. The summed E-state index contributed by atoms with van der Waals surface area (Å²) in [6.45, 7) is 0. The van der Waals surface area contributed by atoms with Gasteiger partial charge in [-0.3, -0.25) is 9.78 Å². The minimum absolute atomic E-state index is 0.0592. The molecule has 0 aliphatic heterocycles. The Bertz CT molecular complexity index is 889. The Balaban J connectivity index is 1.85. The summed E-state index contributed by atoms with van der Waals surface area (Å²) in [4.78, 5) is 16.3. The van der Waals surface area contributed by atoms with Crippen molar-refractivity contribution in [1.82, 2.24) is 4.98 Å². The quantitative estimate of drug-likeness (QED) is 0.507. The van der Waals surface area contributed by atoms with Gasteiger partial charge < -0.3 is 0 Å². The number of carbonyl (C=O) groups excluding carboxylic acids is 1. The molecule has 0 saturated heterocycles. The molecule has 0 aliphatic carbocycles. The molecule has 4 heteroatoms. The van der Waals surface area contributed by atoms with Gasteiger partial charge in [0.15, 0.2) is 5.78 Å². The summed E-state index contributed by atoms with van der Waals surface area (Å²) < 4.78 is 13.1. The number of halogens is 2. The summed E-state index contributed by atoms with van der Waals surface area (Å²) in [6, 6.07) is 13.5. The zero-order valence-corrected chi connectivity index (χ0v) is 12.2. The molecule has 0 aliphatic rings. The average molecular weight is 312 g/mol. The minimum Gasteiger partial charge on any atom is -0.289 e. The lowest BCUT2D eigenvalue weighted by Gasteiger charge is -2.00. The SMILES string of the molecule is O=C(/C=C/c1ccc2ncccc2c1)c1ccc(F)c(Cl)c1. The second-order valence-corrected chi connectivity index (χ2v) is 5.19. The predicted octanol–water partition coefficient (Wildman–Crippen LogP) is 4.92. The Hall–Kier alpha value is -2.52. The normalized spacial score (nSPS) is 11.2. The molecule has 3 rings (SSSR count). The van der Waals surface area contributed by atoms with Gasteiger partial charge in [-0.1, -0.05) is 29.8 Å². The molecule has 0 N–H and O–H groups in total. The van der Waals surface area contributed by atoms with Crippen LogP contribution >= 0.6 is 11.6 Å². The van der Waals surface area contributed by atoms with Crippen molar-refractivity contribution >= 4 is 34.4 Å². The fourth-order valence-electron chi connectivity index (χ4n) is 2.12. The second kappa shape index (κ2) is 6.08. The predicted molar refractivity (Wildman–Crippen MR) is 86.5 cm³/mol. The molecule has 2 nitrogen and oxygen atoms in total. The van der Waals surface area contributed by atoms with Crippen LogP contribution in [-0.2, 0) is 0 Å². The second-order valence-electron chi connectivity index (χ2n) is 4.78. The van der Waals surface area contributed by atoms with Crippen LogP contribution in [0.1, 0.15) is 15.9 Å². The molecule has 0 saturated carbocycles. The number of fused-ring (bicyclic) bond motifs is 1. The van der Waals surface area contributed by atoms with E-state index in [4.69, 9.17) is 11.6 Å². The van der Waals surface area contributed by atoms with Gasteiger partial charge in [0.2, 0.25) is 0 Å². The van der Waals surface area contributed by atoms with Crippen molar-refractivity contribution in [1.29, 1.82) is 0 Å². The van der Waals surface area contributed by atoms with Gasteiger partial charge in [0, 0.05) is 17.1 Å². The summed E-state index contributed by atoms with van der Waals surface area (Å²) in [7, 11) is 0. The Morgan fingerprint density at radius 1 is 1.14 bits per heavy atom. The third-order valence-corrected chi connectivity index (χ3v) is 3.55. The molecular weight excluding hydrogens is 301 g/mol. The molecule has 0 bridgehead atoms. The smallest absolute Gasteiger partial charge is 0.185 e. The Morgan fingerprint density at radius 3 is 2.82 bits per heavy atom. The van der Waals surface area contributed by atoms with Crippen molar-refractivity contribution in [3.05, 3.63) is 82.8 Å². The topological polar surface area (TPSA) is 30.0 Å². The zero-order chi connectivity index (χ0) is 15.5. The molecule has 0 radical (unpaired) electrons. The van der Waals surface area contributed by atoms with Crippen molar-refractivity contribution in [2.24, 2.45) is 0 Å². The Morgan fingerprint density at radius 2 is 2.00 bits per heavy atom. The highest BCUT2D eigenvalue weighted by Gasteiger charge is 2.06. The van der Waals surface area contributed by atoms with Gasteiger partial charge in [0.1, 0.15) is 5.82 Å². The fraction of sp³-hybridized carbons (Fsp3) is 0. The third-order valence-electron chi connectivity index (χ3n) is 3.26. The van der Waals surface area contributed by atoms with Crippen LogP contribution in [0.5, 0.6) is 0 Å². The van der Waals surface area contributed by atoms with E-state index in [-0.39, 0.29) is 10.8 Å². The highest BCUT2D eigenvalue weighted by molar-refractivity contribution is 6.31. The number of nitrogens with zero attached hydrogens (tertiary/aromatic N) is 1. The monoisotopic (exact) mass is 311 g/mol. The maximum Gasteiger partial charge on any atom is 0.185 e. The van der Waals surface area contributed by atoms with E-state index in [2.05, 4.69) is 4.98 Å². The fourth-order valence-corrected chi connectivity index (χ4v) is 2.30. The van der Waals surface area contributed by atoms with E-state index < -0.39 is 5.82 Å².